The summed E-state index contributed by atoms with van der Waals surface area (Å²) in [5.41, 5.74) is 16.0. The lowest BCUT2D eigenvalue weighted by atomic mass is 10.0. The van der Waals surface area contributed by atoms with Gasteiger partial charge in [-0.3, -0.25) is 0 Å². The molecule has 0 aliphatic heterocycles. The number of benzene rings is 2. The molecule has 3 nitrogen and oxygen atoms in total. The second-order valence-corrected chi connectivity index (χ2v) is 4.85. The molecule has 1 atom stereocenters. The summed E-state index contributed by atoms with van der Waals surface area (Å²) in [6.45, 7) is 2.66. The Bertz CT molecular complexity index is 520. The molecular weight excluding hydrogens is 234 g/mol. The minimum Gasteiger partial charge on any atom is -0.397 e. The molecular formula is C16H21N3. The second kappa shape index (κ2) is 6.25. The maximum Gasteiger partial charge on any atom is 0.0576 e. The molecule has 0 saturated carbocycles. The maximum absolute atomic E-state index is 5.93. The normalized spacial score (nSPS) is 12.1. The predicted octanol–water partition coefficient (Wildman–Crippen LogP) is 2.56. The highest BCUT2D eigenvalue weighted by Crippen LogP contribution is 2.18. The molecule has 1 unspecified atom stereocenters. The van der Waals surface area contributed by atoms with Crippen molar-refractivity contribution < 1.29 is 0 Å². The molecule has 0 amide bonds. The van der Waals surface area contributed by atoms with E-state index in [0.717, 1.165) is 17.8 Å². The van der Waals surface area contributed by atoms with Crippen molar-refractivity contribution in [2.45, 2.75) is 19.4 Å². The van der Waals surface area contributed by atoms with Gasteiger partial charge in [0.2, 0.25) is 0 Å². The van der Waals surface area contributed by atoms with Gasteiger partial charge in [0.25, 0.3) is 0 Å². The van der Waals surface area contributed by atoms with E-state index >= 15 is 0 Å². The van der Waals surface area contributed by atoms with Crippen molar-refractivity contribution in [3.8, 4) is 0 Å². The first-order valence-corrected chi connectivity index (χ1v) is 6.55. The number of nitrogens with two attached hydrogens (primary N) is 2. The van der Waals surface area contributed by atoms with Gasteiger partial charge in [-0.2, -0.15) is 0 Å². The molecule has 2 rings (SSSR count). The minimum absolute atomic E-state index is 0.187. The summed E-state index contributed by atoms with van der Waals surface area (Å²) < 4.78 is 0. The molecule has 0 radical (unpaired) electrons. The van der Waals surface area contributed by atoms with Gasteiger partial charge in [-0.05, 0) is 31.0 Å². The van der Waals surface area contributed by atoms with Crippen LogP contribution in [0.1, 0.15) is 11.1 Å². The van der Waals surface area contributed by atoms with Crippen LogP contribution >= 0.6 is 0 Å². The van der Waals surface area contributed by atoms with E-state index in [1.807, 2.05) is 24.3 Å². The lowest BCUT2D eigenvalue weighted by Crippen LogP contribution is -2.31. The topological polar surface area (TPSA) is 64.1 Å². The molecule has 0 bridgehead atoms. The van der Waals surface area contributed by atoms with Crippen LogP contribution < -0.4 is 16.8 Å². The molecule has 5 N–H and O–H groups in total. The second-order valence-electron chi connectivity index (χ2n) is 4.85. The van der Waals surface area contributed by atoms with Crippen LogP contribution in [0.15, 0.2) is 48.5 Å². The van der Waals surface area contributed by atoms with E-state index in [9.17, 15) is 0 Å². The van der Waals surface area contributed by atoms with Crippen LogP contribution in [-0.2, 0) is 6.42 Å². The minimum atomic E-state index is 0.187. The molecule has 0 aliphatic carbocycles. The van der Waals surface area contributed by atoms with Crippen molar-refractivity contribution in [3.63, 3.8) is 0 Å². The van der Waals surface area contributed by atoms with Crippen LogP contribution in [0.2, 0.25) is 0 Å². The Hall–Kier alpha value is -2.00. The molecule has 100 valence electrons. The first kappa shape index (κ1) is 13.4. The fourth-order valence-corrected chi connectivity index (χ4v) is 2.05. The molecule has 2 aromatic carbocycles. The third-order valence-electron chi connectivity index (χ3n) is 3.21. The molecule has 0 spiro atoms. The SMILES string of the molecule is Cc1ccc(CC(CN)Nc2ccccc2N)cc1. The number of aryl methyl sites for hydroxylation is 1. The monoisotopic (exact) mass is 255 g/mol. The molecule has 0 aromatic heterocycles. The van der Waals surface area contributed by atoms with Gasteiger partial charge in [0.05, 0.1) is 11.4 Å². The highest BCUT2D eigenvalue weighted by atomic mass is 15.0. The number of nitrogen functional groups attached to an aromatic ring is 1. The van der Waals surface area contributed by atoms with E-state index in [1.165, 1.54) is 11.1 Å². The van der Waals surface area contributed by atoms with Crippen molar-refractivity contribution in [2.24, 2.45) is 5.73 Å². The lowest BCUT2D eigenvalue weighted by Gasteiger charge is -2.19. The summed E-state index contributed by atoms with van der Waals surface area (Å²) in [5, 5.41) is 3.41. The number of nitrogens with one attached hydrogen (secondary N) is 1. The van der Waals surface area contributed by atoms with Gasteiger partial charge < -0.3 is 16.8 Å². The van der Waals surface area contributed by atoms with Crippen molar-refractivity contribution in [2.75, 3.05) is 17.6 Å². The van der Waals surface area contributed by atoms with E-state index in [2.05, 4.69) is 36.5 Å². The Morgan fingerprint density at radius 2 is 1.74 bits per heavy atom. The zero-order chi connectivity index (χ0) is 13.7. The van der Waals surface area contributed by atoms with Crippen molar-refractivity contribution in [1.29, 1.82) is 0 Å². The number of anilines is 2. The highest BCUT2D eigenvalue weighted by molar-refractivity contribution is 5.66. The van der Waals surface area contributed by atoms with E-state index in [0.29, 0.717) is 6.54 Å². The van der Waals surface area contributed by atoms with Gasteiger partial charge in [0, 0.05) is 12.6 Å². The Morgan fingerprint density at radius 3 is 2.37 bits per heavy atom. The van der Waals surface area contributed by atoms with Gasteiger partial charge in [0.15, 0.2) is 0 Å². The molecule has 0 heterocycles. The summed E-state index contributed by atoms with van der Waals surface area (Å²) in [7, 11) is 0. The maximum atomic E-state index is 5.93. The first-order valence-electron chi connectivity index (χ1n) is 6.55. The van der Waals surface area contributed by atoms with Gasteiger partial charge in [-0.15, -0.1) is 0 Å². The van der Waals surface area contributed by atoms with Crippen molar-refractivity contribution in [1.82, 2.24) is 0 Å². The highest BCUT2D eigenvalue weighted by Gasteiger charge is 2.09. The third-order valence-corrected chi connectivity index (χ3v) is 3.21. The number of hydrogen-bond acceptors (Lipinski definition) is 3. The quantitative estimate of drug-likeness (QED) is 0.719. The summed E-state index contributed by atoms with van der Waals surface area (Å²) in [6.07, 6.45) is 0.894. The molecule has 0 aliphatic rings. The first-order chi connectivity index (χ1) is 9.19. The van der Waals surface area contributed by atoms with Gasteiger partial charge in [-0.25, -0.2) is 0 Å². The Kier molecular flexibility index (Phi) is 4.42. The summed E-state index contributed by atoms with van der Waals surface area (Å²) in [5.74, 6) is 0. The van der Waals surface area contributed by atoms with E-state index < -0.39 is 0 Å². The fraction of sp³-hybridized carbons (Fsp3) is 0.250. The van der Waals surface area contributed by atoms with Crippen molar-refractivity contribution in [3.05, 3.63) is 59.7 Å². The van der Waals surface area contributed by atoms with Crippen molar-refractivity contribution >= 4 is 11.4 Å². The van der Waals surface area contributed by atoms with Crippen LogP contribution in [0.25, 0.3) is 0 Å². The van der Waals surface area contributed by atoms with E-state index in [4.69, 9.17) is 11.5 Å². The van der Waals surface area contributed by atoms with Crippen LogP contribution in [0, 0.1) is 6.92 Å². The van der Waals surface area contributed by atoms with Gasteiger partial charge in [0.1, 0.15) is 0 Å². The third kappa shape index (κ3) is 3.73. The van der Waals surface area contributed by atoms with E-state index in [1.54, 1.807) is 0 Å². The van der Waals surface area contributed by atoms with Gasteiger partial charge >= 0.3 is 0 Å². The zero-order valence-corrected chi connectivity index (χ0v) is 11.3. The Balaban J connectivity index is 2.05. The van der Waals surface area contributed by atoms with Gasteiger partial charge in [-0.1, -0.05) is 42.0 Å². The summed E-state index contributed by atoms with van der Waals surface area (Å²) in [6, 6.07) is 16.5. The zero-order valence-electron chi connectivity index (χ0n) is 11.3. The van der Waals surface area contributed by atoms with E-state index in [-0.39, 0.29) is 6.04 Å². The number of rotatable bonds is 5. The predicted molar refractivity (Wildman–Crippen MR) is 82.2 cm³/mol. The molecule has 3 heteroatoms. The standard InChI is InChI=1S/C16H21N3/c1-12-6-8-13(9-7-12)10-14(11-17)19-16-5-3-2-4-15(16)18/h2-9,14,19H,10-11,17-18H2,1H3. The fourth-order valence-electron chi connectivity index (χ4n) is 2.05. The number of para-hydroxylation sites is 2. The summed E-state index contributed by atoms with van der Waals surface area (Å²) in [4.78, 5) is 0. The molecule has 2 aromatic rings. The average Bonchev–Trinajstić information content (AvgIpc) is 2.43. The summed E-state index contributed by atoms with van der Waals surface area (Å²) >= 11 is 0. The smallest absolute Gasteiger partial charge is 0.0576 e. The number of hydrogen-bond donors (Lipinski definition) is 3. The Morgan fingerprint density at radius 1 is 1.05 bits per heavy atom. The lowest BCUT2D eigenvalue weighted by molar-refractivity contribution is 0.724. The molecule has 0 saturated heterocycles. The van der Waals surface area contributed by atoms with Crippen LogP contribution in [0.4, 0.5) is 11.4 Å². The van der Waals surface area contributed by atoms with Crippen LogP contribution in [0.3, 0.4) is 0 Å². The van der Waals surface area contributed by atoms with Crippen LogP contribution in [-0.4, -0.2) is 12.6 Å². The molecule has 0 fully saturated rings. The largest absolute Gasteiger partial charge is 0.397 e. The average molecular weight is 255 g/mol. The Labute approximate surface area is 114 Å². The molecule has 19 heavy (non-hydrogen) atoms. The van der Waals surface area contributed by atoms with Crippen LogP contribution in [0.5, 0.6) is 0 Å².